The number of hydrogen-bond acceptors (Lipinski definition) is 7. The molecule has 0 aromatic heterocycles. The molecule has 0 unspecified atom stereocenters. The molecule has 0 heterocycles. The summed E-state index contributed by atoms with van der Waals surface area (Å²) >= 11 is 1.14. The first-order valence-corrected chi connectivity index (χ1v) is 6.81. The Morgan fingerprint density at radius 1 is 1.60 bits per heavy atom. The maximum atomic E-state index is 11.0. The van der Waals surface area contributed by atoms with Crippen molar-refractivity contribution in [3.63, 3.8) is 0 Å². The fourth-order valence-corrected chi connectivity index (χ4v) is 1.56. The summed E-state index contributed by atoms with van der Waals surface area (Å²) in [6, 6.07) is 0. The molecule has 0 fully saturated rings. The molecular weight excluding hydrogens is 193 g/mol. The van der Waals surface area contributed by atoms with Crippen LogP contribution in [0.2, 0.25) is 0 Å². The van der Waals surface area contributed by atoms with Crippen molar-refractivity contribution in [1.29, 1.82) is 0 Å². The second-order valence-corrected chi connectivity index (χ2v) is 7.43. The van der Waals surface area contributed by atoms with Crippen LogP contribution in [0, 0.1) is 0 Å². The standard InChI is InChI=1S/C2H8N3O2PS2/c1-2-5-7-8(6,9-3)10-4/h2H,3-4H2,1H3. The van der Waals surface area contributed by atoms with E-state index in [1.807, 2.05) is 0 Å². The van der Waals surface area contributed by atoms with E-state index in [1.165, 1.54) is 6.21 Å². The zero-order chi connectivity index (χ0) is 8.04. The lowest BCUT2D eigenvalue weighted by atomic mass is 10.9. The molecule has 0 amide bonds. The third-order valence-electron chi connectivity index (χ3n) is 0.511. The van der Waals surface area contributed by atoms with E-state index >= 15 is 0 Å². The molecule has 0 atom stereocenters. The van der Waals surface area contributed by atoms with Gasteiger partial charge in [-0.05, 0) is 6.92 Å². The minimum Gasteiger partial charge on any atom is -0.318 e. The minimum absolute atomic E-state index is 0.570. The van der Waals surface area contributed by atoms with Crippen LogP contribution in [0.3, 0.4) is 0 Å². The molecule has 8 heteroatoms. The average molecular weight is 201 g/mol. The molecule has 0 saturated heterocycles. The van der Waals surface area contributed by atoms with E-state index in [9.17, 15) is 4.57 Å². The maximum absolute atomic E-state index is 11.0. The smallest absolute Gasteiger partial charge is 0.318 e. The van der Waals surface area contributed by atoms with E-state index in [-0.39, 0.29) is 0 Å². The third kappa shape index (κ3) is 3.48. The highest BCUT2D eigenvalue weighted by Gasteiger charge is 2.22. The van der Waals surface area contributed by atoms with Crippen LogP contribution in [0.4, 0.5) is 0 Å². The number of hydrogen-bond donors (Lipinski definition) is 2. The van der Waals surface area contributed by atoms with Gasteiger partial charge in [-0.25, -0.2) is 4.57 Å². The van der Waals surface area contributed by atoms with Gasteiger partial charge in [-0.1, -0.05) is 5.16 Å². The predicted octanol–water partition coefficient (Wildman–Crippen LogP) is 1.33. The number of oxime groups is 1. The predicted molar refractivity (Wildman–Crippen MR) is 46.4 cm³/mol. The molecule has 5 nitrogen and oxygen atoms in total. The molecule has 0 aromatic carbocycles. The van der Waals surface area contributed by atoms with Crippen molar-refractivity contribution in [1.82, 2.24) is 0 Å². The van der Waals surface area contributed by atoms with Gasteiger partial charge in [0.25, 0.3) is 0 Å². The SMILES string of the molecule is CC=NOP(=O)(SN)SN. The fourth-order valence-electron chi connectivity index (χ4n) is 0.168. The topological polar surface area (TPSA) is 90.7 Å². The first-order valence-electron chi connectivity index (χ1n) is 2.22. The van der Waals surface area contributed by atoms with Gasteiger partial charge in [0.05, 0.1) is 0 Å². The highest BCUT2D eigenvalue weighted by atomic mass is 33.1. The Kier molecular flexibility index (Phi) is 5.20. The minimum atomic E-state index is -3.01. The summed E-state index contributed by atoms with van der Waals surface area (Å²) in [5.41, 5.74) is 0. The van der Waals surface area contributed by atoms with Gasteiger partial charge >= 0.3 is 5.77 Å². The van der Waals surface area contributed by atoms with Crippen molar-refractivity contribution >= 4 is 35.1 Å². The zero-order valence-corrected chi connectivity index (χ0v) is 7.79. The lowest BCUT2D eigenvalue weighted by Gasteiger charge is -2.05. The Balaban J connectivity index is 3.94. The van der Waals surface area contributed by atoms with Crippen LogP contribution >= 0.6 is 28.9 Å². The van der Waals surface area contributed by atoms with Crippen LogP contribution in [-0.2, 0) is 9.19 Å². The second kappa shape index (κ2) is 5.03. The van der Waals surface area contributed by atoms with Gasteiger partial charge in [0.2, 0.25) is 0 Å². The monoisotopic (exact) mass is 201 g/mol. The molecule has 0 aliphatic carbocycles. The summed E-state index contributed by atoms with van der Waals surface area (Å²) in [5, 5.41) is 13.3. The van der Waals surface area contributed by atoms with Gasteiger partial charge in [-0.2, -0.15) is 0 Å². The van der Waals surface area contributed by atoms with Crippen molar-refractivity contribution in [2.24, 2.45) is 15.4 Å². The summed E-state index contributed by atoms with van der Waals surface area (Å²) in [4.78, 5) is 0. The van der Waals surface area contributed by atoms with Crippen molar-refractivity contribution in [2.45, 2.75) is 6.92 Å². The van der Waals surface area contributed by atoms with Gasteiger partial charge in [-0.15, -0.1) is 0 Å². The van der Waals surface area contributed by atoms with E-state index in [0.29, 0.717) is 23.1 Å². The highest BCUT2D eigenvalue weighted by Crippen LogP contribution is 2.65. The van der Waals surface area contributed by atoms with Crippen LogP contribution < -0.4 is 10.3 Å². The molecule has 0 bridgehead atoms. The van der Waals surface area contributed by atoms with Gasteiger partial charge in [0.15, 0.2) is 0 Å². The number of nitrogens with zero attached hydrogens (tertiary/aromatic N) is 1. The number of rotatable bonds is 4. The van der Waals surface area contributed by atoms with Gasteiger partial charge in [-0.3, -0.25) is 10.3 Å². The summed E-state index contributed by atoms with van der Waals surface area (Å²) in [5.74, 6) is -3.01. The van der Waals surface area contributed by atoms with Crippen molar-refractivity contribution in [2.75, 3.05) is 0 Å². The van der Waals surface area contributed by atoms with Crippen LogP contribution in [0.1, 0.15) is 6.92 Å². The molecule has 0 aliphatic rings. The van der Waals surface area contributed by atoms with Gasteiger partial charge in [0, 0.05) is 29.4 Å². The third-order valence-corrected chi connectivity index (χ3v) is 4.82. The highest BCUT2D eigenvalue weighted by molar-refractivity contribution is 8.88. The van der Waals surface area contributed by atoms with Crippen LogP contribution in [0.15, 0.2) is 5.16 Å². The first-order chi connectivity index (χ1) is 4.68. The molecule has 0 aromatic rings. The lowest BCUT2D eigenvalue weighted by Crippen LogP contribution is -1.85. The lowest BCUT2D eigenvalue weighted by molar-refractivity contribution is 0.361. The first kappa shape index (κ1) is 10.3. The molecule has 0 spiro atoms. The normalized spacial score (nSPS) is 12.3. The van der Waals surface area contributed by atoms with E-state index in [2.05, 4.69) is 9.78 Å². The summed E-state index contributed by atoms with van der Waals surface area (Å²) in [7, 11) is 0. The molecule has 0 saturated carbocycles. The molecule has 4 N–H and O–H groups in total. The summed E-state index contributed by atoms with van der Waals surface area (Å²) in [6.45, 7) is 1.63. The fraction of sp³-hybridized carbons (Fsp3) is 0.500. The second-order valence-electron chi connectivity index (χ2n) is 1.10. The summed E-state index contributed by atoms with van der Waals surface area (Å²) in [6.07, 6.45) is 1.36. The molecule has 60 valence electrons. The van der Waals surface area contributed by atoms with Crippen molar-refractivity contribution in [3.8, 4) is 0 Å². The average Bonchev–Trinajstić information content (AvgIpc) is 2.00. The Morgan fingerprint density at radius 3 is 2.40 bits per heavy atom. The van der Waals surface area contributed by atoms with Crippen LogP contribution in [0.25, 0.3) is 0 Å². The molecule has 0 radical (unpaired) electrons. The van der Waals surface area contributed by atoms with Crippen LogP contribution in [-0.4, -0.2) is 6.21 Å². The van der Waals surface area contributed by atoms with Crippen molar-refractivity contribution < 1.29 is 9.19 Å². The van der Waals surface area contributed by atoms with E-state index in [0.717, 1.165) is 0 Å². The molecule has 0 rings (SSSR count). The van der Waals surface area contributed by atoms with Gasteiger partial charge < -0.3 is 4.62 Å². The number of nitrogens with two attached hydrogens (primary N) is 2. The molecular formula is C2H8N3O2PS2. The molecule has 0 aliphatic heterocycles. The van der Waals surface area contributed by atoms with E-state index in [4.69, 9.17) is 10.3 Å². The quantitative estimate of drug-likeness (QED) is 0.308. The summed E-state index contributed by atoms with van der Waals surface area (Å²) < 4.78 is 15.5. The zero-order valence-electron chi connectivity index (χ0n) is 5.26. The molecule has 10 heavy (non-hydrogen) atoms. The Hall–Kier alpha value is 0.320. The van der Waals surface area contributed by atoms with Gasteiger partial charge in [0.1, 0.15) is 0 Å². The van der Waals surface area contributed by atoms with E-state index in [1.54, 1.807) is 6.92 Å². The van der Waals surface area contributed by atoms with Crippen LogP contribution in [0.5, 0.6) is 0 Å². The van der Waals surface area contributed by atoms with E-state index < -0.39 is 5.77 Å². The Labute approximate surface area is 67.1 Å². The van der Waals surface area contributed by atoms with Crippen molar-refractivity contribution in [3.05, 3.63) is 0 Å². The Bertz CT molecular complexity index is 155. The Morgan fingerprint density at radius 2 is 2.10 bits per heavy atom. The maximum Gasteiger partial charge on any atom is 0.408 e. The largest absolute Gasteiger partial charge is 0.408 e.